The number of anilines is 1. The quantitative estimate of drug-likeness (QED) is 0.370. The van der Waals surface area contributed by atoms with Crippen molar-refractivity contribution < 1.29 is 29.6 Å². The molecule has 2 aliphatic rings. The maximum absolute atomic E-state index is 11.8. The van der Waals surface area contributed by atoms with E-state index in [2.05, 4.69) is 15.3 Å². The van der Waals surface area contributed by atoms with Crippen LogP contribution < -0.4 is 10.1 Å². The van der Waals surface area contributed by atoms with Crippen molar-refractivity contribution in [3.8, 4) is 22.8 Å². The number of rotatable bonds is 5. The summed E-state index contributed by atoms with van der Waals surface area (Å²) < 4.78 is 11.2. The van der Waals surface area contributed by atoms with Gasteiger partial charge in [-0.2, -0.15) is 0 Å². The fraction of sp³-hybridized carbons (Fsp3) is 0.200. The molecule has 3 heterocycles. The molecule has 30 heavy (non-hydrogen) atoms. The van der Waals surface area contributed by atoms with E-state index >= 15 is 0 Å². The fourth-order valence-electron chi connectivity index (χ4n) is 3.40. The topological polar surface area (TPSA) is 157 Å². The number of carbonyl (C=O) groups is 1. The number of fused-ring (bicyclic) bond motifs is 1. The highest BCUT2D eigenvalue weighted by Gasteiger charge is 2.49. The molecule has 0 fully saturated rings. The zero-order valence-electron chi connectivity index (χ0n) is 15.6. The summed E-state index contributed by atoms with van der Waals surface area (Å²) in [7, 11) is 0. The van der Waals surface area contributed by atoms with E-state index in [1.807, 2.05) is 6.07 Å². The summed E-state index contributed by atoms with van der Waals surface area (Å²) in [6.07, 6.45) is 3.60. The summed E-state index contributed by atoms with van der Waals surface area (Å²) in [6.45, 7) is 0.165. The Balaban J connectivity index is 1.71. The summed E-state index contributed by atoms with van der Waals surface area (Å²) in [5, 5.41) is 39.3. The first-order chi connectivity index (χ1) is 14.4. The normalized spacial score (nSPS) is 19.7. The molecule has 0 bridgehead atoms. The van der Waals surface area contributed by atoms with Crippen molar-refractivity contribution in [1.29, 1.82) is 5.41 Å². The Morgan fingerprint density at radius 1 is 1.33 bits per heavy atom. The van der Waals surface area contributed by atoms with Crippen LogP contribution >= 0.6 is 0 Å². The SMILES string of the molecule is N=C(/C=C\O)C1(C(=O)O)CN=C(Nc2c(-c3ccnc(O)c3)ccc3c2CCO3)O1. The monoisotopic (exact) mass is 410 g/mol. The number of aromatic nitrogens is 1. The van der Waals surface area contributed by atoms with E-state index in [4.69, 9.17) is 20.0 Å². The van der Waals surface area contributed by atoms with Gasteiger partial charge in [0.1, 0.15) is 12.3 Å². The molecule has 0 aliphatic carbocycles. The molecule has 1 aromatic heterocycles. The molecular formula is C20H18N4O6. The lowest BCUT2D eigenvalue weighted by atomic mass is 9.98. The van der Waals surface area contributed by atoms with Gasteiger partial charge in [0.05, 0.1) is 24.3 Å². The third-order valence-corrected chi connectivity index (χ3v) is 4.91. The molecule has 154 valence electrons. The summed E-state index contributed by atoms with van der Waals surface area (Å²) in [5.74, 6) is -0.857. The minimum Gasteiger partial charge on any atom is -0.516 e. The van der Waals surface area contributed by atoms with E-state index in [0.717, 1.165) is 11.6 Å². The van der Waals surface area contributed by atoms with Gasteiger partial charge in [-0.1, -0.05) is 0 Å². The van der Waals surface area contributed by atoms with Crippen LogP contribution in [0.3, 0.4) is 0 Å². The second-order valence-corrected chi connectivity index (χ2v) is 6.68. The molecular weight excluding hydrogens is 392 g/mol. The number of benzene rings is 1. The van der Waals surface area contributed by atoms with Crippen molar-refractivity contribution in [1.82, 2.24) is 4.98 Å². The molecule has 5 N–H and O–H groups in total. The summed E-state index contributed by atoms with van der Waals surface area (Å²) in [4.78, 5) is 19.7. The van der Waals surface area contributed by atoms with E-state index < -0.39 is 17.3 Å². The van der Waals surface area contributed by atoms with Crippen LogP contribution in [0.25, 0.3) is 11.1 Å². The fourth-order valence-corrected chi connectivity index (χ4v) is 3.40. The van der Waals surface area contributed by atoms with Crippen LogP contribution in [0, 0.1) is 5.41 Å². The Morgan fingerprint density at radius 3 is 2.90 bits per heavy atom. The molecule has 10 heteroatoms. The van der Waals surface area contributed by atoms with E-state index in [-0.39, 0.29) is 18.4 Å². The van der Waals surface area contributed by atoms with Gasteiger partial charge in [0, 0.05) is 29.8 Å². The van der Waals surface area contributed by atoms with Gasteiger partial charge in [0.2, 0.25) is 5.88 Å². The van der Waals surface area contributed by atoms with Crippen LogP contribution in [0.15, 0.2) is 47.8 Å². The molecule has 2 aromatic rings. The highest BCUT2D eigenvalue weighted by atomic mass is 16.6. The Bertz CT molecular complexity index is 1100. The number of aliphatic hydroxyl groups excluding tert-OH is 1. The lowest BCUT2D eigenvalue weighted by Crippen LogP contribution is -2.49. The predicted octanol–water partition coefficient (Wildman–Crippen LogP) is 2.10. The number of carboxylic acids is 1. The van der Waals surface area contributed by atoms with E-state index in [1.165, 1.54) is 12.3 Å². The highest BCUT2D eigenvalue weighted by molar-refractivity contribution is 6.16. The maximum atomic E-state index is 11.8. The Labute approximate surface area is 170 Å². The summed E-state index contributed by atoms with van der Waals surface area (Å²) in [6, 6.07) is 6.78. The Kier molecular flexibility index (Phi) is 4.74. The van der Waals surface area contributed by atoms with Gasteiger partial charge in [-0.05, 0) is 29.8 Å². The third kappa shape index (κ3) is 3.17. The second-order valence-electron chi connectivity index (χ2n) is 6.68. The maximum Gasteiger partial charge on any atom is 0.356 e. The van der Waals surface area contributed by atoms with Crippen LogP contribution in [0.1, 0.15) is 5.56 Å². The van der Waals surface area contributed by atoms with E-state index in [9.17, 15) is 15.0 Å². The minimum absolute atomic E-state index is 0.0756. The van der Waals surface area contributed by atoms with Crippen molar-refractivity contribution >= 4 is 23.4 Å². The number of aliphatic hydroxyl groups is 1. The van der Waals surface area contributed by atoms with Crippen LogP contribution in [0.4, 0.5) is 5.69 Å². The number of nitrogens with zero attached hydrogens (tertiary/aromatic N) is 2. The molecule has 2 aliphatic heterocycles. The summed E-state index contributed by atoms with van der Waals surface area (Å²) >= 11 is 0. The molecule has 10 nitrogen and oxygen atoms in total. The van der Waals surface area contributed by atoms with Crippen LogP contribution in [-0.4, -0.2) is 56.8 Å². The first-order valence-electron chi connectivity index (χ1n) is 9.02. The number of pyridine rings is 1. The lowest BCUT2D eigenvalue weighted by Gasteiger charge is -2.23. The largest absolute Gasteiger partial charge is 0.516 e. The standard InChI is InChI=1S/C20H18N4O6/c21-15(4-7-25)20(18(27)28)10-23-19(30-20)24-17-12(11-3-6-22-16(26)9-11)1-2-14-13(17)5-8-29-14/h1-4,6-7,9,21,25H,5,8,10H2,(H,22,26)(H,23,24)(H,27,28)/b7-4-,21-15?. The lowest BCUT2D eigenvalue weighted by molar-refractivity contribution is -0.148. The first kappa shape index (κ1) is 19.2. The summed E-state index contributed by atoms with van der Waals surface area (Å²) in [5.41, 5.74) is 0.359. The number of aliphatic imine (C=N–C) groups is 1. The predicted molar refractivity (Wildman–Crippen MR) is 107 cm³/mol. The second kappa shape index (κ2) is 7.39. The molecule has 1 aromatic carbocycles. The van der Waals surface area contributed by atoms with Crippen molar-refractivity contribution in [3.63, 3.8) is 0 Å². The zero-order valence-corrected chi connectivity index (χ0v) is 15.6. The van der Waals surface area contributed by atoms with Crippen molar-refractivity contribution in [2.24, 2.45) is 4.99 Å². The molecule has 0 saturated carbocycles. The Hall–Kier alpha value is -4.08. The average Bonchev–Trinajstić information content (AvgIpc) is 3.36. The molecule has 0 radical (unpaired) electrons. The van der Waals surface area contributed by atoms with Gasteiger partial charge in [0.15, 0.2) is 0 Å². The van der Waals surface area contributed by atoms with Gasteiger partial charge >= 0.3 is 5.97 Å². The third-order valence-electron chi connectivity index (χ3n) is 4.91. The van der Waals surface area contributed by atoms with Gasteiger partial charge in [0.25, 0.3) is 11.6 Å². The molecule has 0 spiro atoms. The number of ether oxygens (including phenoxy) is 2. The Morgan fingerprint density at radius 2 is 2.17 bits per heavy atom. The first-order valence-corrected chi connectivity index (χ1v) is 9.02. The number of nitrogens with one attached hydrogen (secondary N) is 2. The number of hydrogen-bond acceptors (Lipinski definition) is 9. The van der Waals surface area contributed by atoms with Gasteiger partial charge in [-0.25, -0.2) is 14.8 Å². The van der Waals surface area contributed by atoms with Crippen LogP contribution in [-0.2, 0) is 16.0 Å². The van der Waals surface area contributed by atoms with E-state index in [1.54, 1.807) is 12.1 Å². The molecule has 1 atom stereocenters. The molecule has 1 unspecified atom stereocenters. The molecule has 4 rings (SSSR count). The zero-order chi connectivity index (χ0) is 21.3. The molecule has 0 amide bonds. The number of hydrogen-bond donors (Lipinski definition) is 5. The van der Waals surface area contributed by atoms with Crippen molar-refractivity contribution in [3.05, 3.63) is 48.4 Å². The smallest absolute Gasteiger partial charge is 0.356 e. The number of amidine groups is 1. The van der Waals surface area contributed by atoms with Crippen molar-refractivity contribution in [2.75, 3.05) is 18.5 Å². The van der Waals surface area contributed by atoms with Crippen LogP contribution in [0.5, 0.6) is 11.6 Å². The number of aromatic hydroxyl groups is 1. The van der Waals surface area contributed by atoms with Gasteiger partial charge in [-0.3, -0.25) is 0 Å². The number of carboxylic acid groups (broad SMARTS) is 1. The van der Waals surface area contributed by atoms with Gasteiger partial charge in [-0.15, -0.1) is 0 Å². The van der Waals surface area contributed by atoms with Crippen molar-refractivity contribution in [2.45, 2.75) is 12.0 Å². The highest BCUT2D eigenvalue weighted by Crippen LogP contribution is 2.40. The van der Waals surface area contributed by atoms with Crippen LogP contribution in [0.2, 0.25) is 0 Å². The molecule has 0 saturated heterocycles. The minimum atomic E-state index is -2.04. The van der Waals surface area contributed by atoms with Gasteiger partial charge < -0.3 is 35.5 Å². The average molecular weight is 410 g/mol. The number of aliphatic carboxylic acids is 1. The van der Waals surface area contributed by atoms with E-state index in [0.29, 0.717) is 41.9 Å².